The number of aromatic amines is 1. The molecular formula is C34H31F2N5O6. The van der Waals surface area contributed by atoms with Gasteiger partial charge in [-0.3, -0.25) is 19.8 Å². The predicted octanol–water partition coefficient (Wildman–Crippen LogP) is 5.47. The Hall–Kier alpha value is -5.56. The van der Waals surface area contributed by atoms with Crippen molar-refractivity contribution >= 4 is 22.8 Å². The van der Waals surface area contributed by atoms with Crippen LogP contribution in [0.3, 0.4) is 0 Å². The molecule has 0 unspecified atom stereocenters. The van der Waals surface area contributed by atoms with Crippen molar-refractivity contribution in [3.05, 3.63) is 105 Å². The Balaban J connectivity index is 1.20. The second-order valence-electron chi connectivity index (χ2n) is 10.9. The molecule has 0 bridgehead atoms. The van der Waals surface area contributed by atoms with E-state index in [4.69, 9.17) is 14.2 Å². The summed E-state index contributed by atoms with van der Waals surface area (Å²) in [6.07, 6.45) is 5.92. The van der Waals surface area contributed by atoms with Gasteiger partial charge in [-0.25, -0.2) is 18.1 Å². The number of hydrogen-bond acceptors (Lipinski definition) is 9. The second-order valence-corrected chi connectivity index (χ2v) is 10.9. The number of H-pyrrole nitrogens is 1. The number of likely N-dealkylation sites (tertiary alicyclic amines) is 1. The SMILES string of the molecule is COc1cc2c(Oc3ccc(N=Cc4c(O)n(-c5ccc(F)cc5)c(=O)[nH]c4=O)cc3F)ccnc2cc1OCCCN1CCCC1. The topological polar surface area (TPSA) is 131 Å². The third kappa shape index (κ3) is 6.99. The number of benzene rings is 3. The summed E-state index contributed by atoms with van der Waals surface area (Å²) in [5.41, 5.74) is -1.41. The molecule has 0 atom stereocenters. The lowest BCUT2D eigenvalue weighted by molar-refractivity contribution is 0.254. The molecule has 2 aromatic heterocycles. The molecule has 1 fully saturated rings. The molecule has 0 amide bonds. The maximum atomic E-state index is 15.2. The van der Waals surface area contributed by atoms with Crippen LogP contribution < -0.4 is 25.5 Å². The van der Waals surface area contributed by atoms with E-state index in [0.29, 0.717) is 34.8 Å². The van der Waals surface area contributed by atoms with Gasteiger partial charge >= 0.3 is 5.69 Å². The van der Waals surface area contributed by atoms with Crippen LogP contribution in [0.4, 0.5) is 14.5 Å². The van der Waals surface area contributed by atoms with Gasteiger partial charge in [-0.1, -0.05) is 0 Å². The Morgan fingerprint density at radius 2 is 1.77 bits per heavy atom. The van der Waals surface area contributed by atoms with Gasteiger partial charge in [0, 0.05) is 36.5 Å². The minimum atomic E-state index is -0.929. The average molecular weight is 644 g/mol. The molecular weight excluding hydrogens is 612 g/mol. The van der Waals surface area contributed by atoms with Crippen molar-refractivity contribution in [2.45, 2.75) is 19.3 Å². The zero-order chi connectivity index (χ0) is 32.9. The summed E-state index contributed by atoms with van der Waals surface area (Å²) in [5.74, 6) is -0.722. The number of hydrogen-bond donors (Lipinski definition) is 2. The molecule has 0 aliphatic carbocycles. The number of nitrogens with one attached hydrogen (secondary N) is 1. The summed E-state index contributed by atoms with van der Waals surface area (Å²) in [4.78, 5) is 37.8. The molecule has 3 heterocycles. The van der Waals surface area contributed by atoms with Gasteiger partial charge in [-0.2, -0.15) is 0 Å². The Morgan fingerprint density at radius 3 is 2.51 bits per heavy atom. The van der Waals surface area contributed by atoms with E-state index in [1.807, 2.05) is 0 Å². The minimum absolute atomic E-state index is 0.0943. The number of fused-ring (bicyclic) bond motifs is 1. The number of aromatic nitrogens is 3. The van der Waals surface area contributed by atoms with Crippen LogP contribution in [-0.4, -0.2) is 64.1 Å². The van der Waals surface area contributed by atoms with Crippen molar-refractivity contribution in [3.8, 4) is 34.6 Å². The first-order valence-electron chi connectivity index (χ1n) is 15.0. The van der Waals surface area contributed by atoms with Crippen LogP contribution in [0.5, 0.6) is 28.9 Å². The summed E-state index contributed by atoms with van der Waals surface area (Å²) in [6.45, 7) is 3.77. The number of nitrogens with zero attached hydrogens (tertiary/aromatic N) is 4. The number of aromatic hydroxyl groups is 1. The molecule has 47 heavy (non-hydrogen) atoms. The predicted molar refractivity (Wildman–Crippen MR) is 172 cm³/mol. The molecule has 13 heteroatoms. The van der Waals surface area contributed by atoms with Crippen molar-refractivity contribution in [1.82, 2.24) is 19.4 Å². The van der Waals surface area contributed by atoms with Crippen LogP contribution in [0.2, 0.25) is 0 Å². The van der Waals surface area contributed by atoms with Crippen LogP contribution >= 0.6 is 0 Å². The van der Waals surface area contributed by atoms with Crippen LogP contribution in [0, 0.1) is 11.6 Å². The highest BCUT2D eigenvalue weighted by atomic mass is 19.1. The molecule has 0 saturated carbocycles. The Bertz CT molecular complexity index is 2060. The molecule has 11 nitrogen and oxygen atoms in total. The molecule has 2 N–H and O–H groups in total. The van der Waals surface area contributed by atoms with Crippen molar-refractivity contribution in [2.75, 3.05) is 33.4 Å². The first-order chi connectivity index (χ1) is 22.8. The van der Waals surface area contributed by atoms with Crippen LogP contribution in [-0.2, 0) is 0 Å². The van der Waals surface area contributed by atoms with E-state index in [1.54, 1.807) is 31.5 Å². The number of ether oxygens (including phenoxy) is 3. The maximum Gasteiger partial charge on any atom is 0.335 e. The van der Waals surface area contributed by atoms with Crippen LogP contribution in [0.1, 0.15) is 24.8 Å². The van der Waals surface area contributed by atoms with E-state index < -0.39 is 28.8 Å². The van der Waals surface area contributed by atoms with Crippen molar-refractivity contribution in [3.63, 3.8) is 0 Å². The van der Waals surface area contributed by atoms with Gasteiger partial charge in [0.05, 0.1) is 30.6 Å². The first kappa shape index (κ1) is 31.4. The van der Waals surface area contributed by atoms with E-state index in [0.717, 1.165) is 55.0 Å². The highest BCUT2D eigenvalue weighted by Crippen LogP contribution is 2.38. The Kier molecular flexibility index (Phi) is 9.25. The molecule has 5 aromatic rings. The number of methoxy groups -OCH3 is 1. The lowest BCUT2D eigenvalue weighted by atomic mass is 10.1. The van der Waals surface area contributed by atoms with Crippen molar-refractivity contribution in [1.29, 1.82) is 0 Å². The third-order valence-electron chi connectivity index (χ3n) is 7.75. The molecule has 0 spiro atoms. The summed E-state index contributed by atoms with van der Waals surface area (Å²) in [5, 5.41) is 11.3. The third-order valence-corrected chi connectivity index (χ3v) is 7.75. The van der Waals surface area contributed by atoms with Crippen molar-refractivity contribution in [2.24, 2.45) is 4.99 Å². The number of rotatable bonds is 11. The monoisotopic (exact) mass is 643 g/mol. The minimum Gasteiger partial charge on any atom is -0.493 e. The summed E-state index contributed by atoms with van der Waals surface area (Å²) < 4.78 is 46.9. The zero-order valence-corrected chi connectivity index (χ0v) is 25.4. The standard InChI is InChI=1S/C34H31F2N5O6/c1-45-30-18-24-27(19-31(30)46-16-4-15-40-13-2-3-14-40)37-12-11-28(24)47-29-10-7-22(17-26(29)36)38-20-25-32(42)39-34(44)41(33(25)43)23-8-5-21(35)6-9-23/h5-12,17-20,43H,2-4,13-16H2,1H3,(H,39,42,44). The summed E-state index contributed by atoms with van der Waals surface area (Å²) >= 11 is 0. The fraction of sp³-hybridized carbons (Fsp3) is 0.235. The Morgan fingerprint density at radius 1 is 0.979 bits per heavy atom. The van der Waals surface area contributed by atoms with E-state index >= 15 is 4.39 Å². The largest absolute Gasteiger partial charge is 0.493 e. The molecule has 1 aliphatic rings. The molecule has 1 saturated heterocycles. The Labute approximate surface area is 267 Å². The normalized spacial score (nSPS) is 13.4. The second kappa shape index (κ2) is 13.8. The van der Waals surface area contributed by atoms with Crippen LogP contribution in [0.25, 0.3) is 16.6 Å². The van der Waals surface area contributed by atoms with Gasteiger partial charge in [0.2, 0.25) is 5.88 Å². The van der Waals surface area contributed by atoms with Crippen molar-refractivity contribution < 1.29 is 28.1 Å². The lowest BCUT2D eigenvalue weighted by Gasteiger charge is -2.16. The highest BCUT2D eigenvalue weighted by Gasteiger charge is 2.17. The number of aliphatic imine (C=N–C) groups is 1. The van der Waals surface area contributed by atoms with Gasteiger partial charge in [0.1, 0.15) is 17.1 Å². The summed E-state index contributed by atoms with van der Waals surface area (Å²) in [7, 11) is 1.54. The fourth-order valence-corrected chi connectivity index (χ4v) is 5.36. The highest BCUT2D eigenvalue weighted by molar-refractivity contribution is 5.88. The zero-order valence-electron chi connectivity index (χ0n) is 25.4. The van der Waals surface area contributed by atoms with Gasteiger partial charge in [-0.05, 0) is 80.9 Å². The fourth-order valence-electron chi connectivity index (χ4n) is 5.36. The molecule has 6 rings (SSSR count). The van der Waals surface area contributed by atoms with Gasteiger partial charge in [0.15, 0.2) is 23.1 Å². The van der Waals surface area contributed by atoms with Crippen LogP contribution in [0.15, 0.2) is 81.4 Å². The quantitative estimate of drug-likeness (QED) is 0.143. The average Bonchev–Trinajstić information content (AvgIpc) is 3.58. The smallest absolute Gasteiger partial charge is 0.335 e. The lowest BCUT2D eigenvalue weighted by Crippen LogP contribution is -2.31. The molecule has 3 aromatic carbocycles. The van der Waals surface area contributed by atoms with Gasteiger partial charge < -0.3 is 24.2 Å². The molecule has 1 aliphatic heterocycles. The summed E-state index contributed by atoms with van der Waals surface area (Å²) in [6, 6.07) is 13.7. The maximum absolute atomic E-state index is 15.2. The van der Waals surface area contributed by atoms with E-state index in [9.17, 15) is 19.1 Å². The van der Waals surface area contributed by atoms with Gasteiger partial charge in [-0.15, -0.1) is 0 Å². The number of pyridine rings is 1. The number of halogens is 2. The van der Waals surface area contributed by atoms with E-state index in [-0.39, 0.29) is 22.7 Å². The van der Waals surface area contributed by atoms with E-state index in [2.05, 4.69) is 19.9 Å². The first-order valence-corrected chi connectivity index (χ1v) is 15.0. The van der Waals surface area contributed by atoms with E-state index in [1.165, 1.54) is 37.1 Å². The molecule has 0 radical (unpaired) electrons. The molecule has 242 valence electrons. The van der Waals surface area contributed by atoms with Gasteiger partial charge in [0.25, 0.3) is 5.56 Å².